The van der Waals surface area contributed by atoms with Crippen molar-refractivity contribution in [3.63, 3.8) is 0 Å². The summed E-state index contributed by atoms with van der Waals surface area (Å²) in [6.07, 6.45) is 0. The zero-order valence-electron chi connectivity index (χ0n) is 10.2. The van der Waals surface area contributed by atoms with Crippen LogP contribution in [0.3, 0.4) is 0 Å². The van der Waals surface area contributed by atoms with Crippen molar-refractivity contribution < 1.29 is 0 Å². The van der Waals surface area contributed by atoms with Crippen LogP contribution in [0, 0.1) is 0 Å². The third-order valence-electron chi connectivity index (χ3n) is 2.99. The van der Waals surface area contributed by atoms with E-state index in [9.17, 15) is 0 Å². The molecule has 0 saturated heterocycles. The molecule has 0 fully saturated rings. The number of hydrogen-bond acceptors (Lipinski definition) is 2. The maximum atomic E-state index is 8.46. The molecule has 2 aromatic rings. The van der Waals surface area contributed by atoms with Crippen LogP contribution in [0.25, 0.3) is 31.7 Å². The van der Waals surface area contributed by atoms with Crippen molar-refractivity contribution in [3.8, 4) is 0 Å². The summed E-state index contributed by atoms with van der Waals surface area (Å²) in [4.78, 5) is 5.56. The van der Waals surface area contributed by atoms with Crippen molar-refractivity contribution in [2.24, 2.45) is 10.2 Å². The van der Waals surface area contributed by atoms with Crippen molar-refractivity contribution in [1.29, 1.82) is 0 Å². The van der Waals surface area contributed by atoms with Gasteiger partial charge in [0.1, 0.15) is 0 Å². The second-order valence-corrected chi connectivity index (χ2v) is 4.09. The molecule has 19 heavy (non-hydrogen) atoms. The SMILES string of the molecule is [N-]=[N+]=NCC(CN=[N+]=[N-])c1cccc2ccccc12. The fourth-order valence-electron chi connectivity index (χ4n) is 2.13. The molecule has 0 radical (unpaired) electrons. The van der Waals surface area contributed by atoms with E-state index in [0.29, 0.717) is 0 Å². The molecule has 0 spiro atoms. The maximum absolute atomic E-state index is 8.46. The Morgan fingerprint density at radius 3 is 2.21 bits per heavy atom. The van der Waals surface area contributed by atoms with E-state index in [4.69, 9.17) is 11.1 Å². The Kier molecular flexibility index (Phi) is 4.24. The number of rotatable bonds is 5. The fraction of sp³-hybridized carbons (Fsp3) is 0.231. The lowest BCUT2D eigenvalue weighted by atomic mass is 9.93. The minimum atomic E-state index is -0.0992. The lowest BCUT2D eigenvalue weighted by Gasteiger charge is -2.15. The predicted octanol–water partition coefficient (Wildman–Crippen LogP) is 4.54. The van der Waals surface area contributed by atoms with E-state index in [-0.39, 0.29) is 19.0 Å². The van der Waals surface area contributed by atoms with Crippen molar-refractivity contribution in [1.82, 2.24) is 0 Å². The van der Waals surface area contributed by atoms with Gasteiger partial charge in [-0.05, 0) is 33.3 Å². The molecule has 0 aliphatic heterocycles. The summed E-state index contributed by atoms with van der Waals surface area (Å²) in [7, 11) is 0. The Hall–Kier alpha value is -2.68. The molecule has 0 saturated carbocycles. The zero-order chi connectivity index (χ0) is 13.5. The average Bonchev–Trinajstić information content (AvgIpc) is 2.47. The molecule has 0 amide bonds. The molecule has 0 atom stereocenters. The van der Waals surface area contributed by atoms with Gasteiger partial charge in [0.15, 0.2) is 0 Å². The first-order chi connectivity index (χ1) is 9.36. The molecule has 0 bridgehead atoms. The molecule has 2 rings (SSSR count). The van der Waals surface area contributed by atoms with Gasteiger partial charge in [0, 0.05) is 22.9 Å². The van der Waals surface area contributed by atoms with E-state index in [0.717, 1.165) is 16.3 Å². The van der Waals surface area contributed by atoms with Crippen molar-refractivity contribution in [2.45, 2.75) is 5.92 Å². The maximum Gasteiger partial charge on any atom is 0.0328 e. The largest absolute Gasteiger partial charge is 0.0933 e. The van der Waals surface area contributed by atoms with E-state index < -0.39 is 0 Å². The topological polar surface area (TPSA) is 97.5 Å². The number of nitrogens with zero attached hydrogens (tertiary/aromatic N) is 6. The molecule has 0 N–H and O–H groups in total. The molecule has 0 aliphatic carbocycles. The van der Waals surface area contributed by atoms with Gasteiger partial charge in [0.05, 0.1) is 0 Å². The van der Waals surface area contributed by atoms with Gasteiger partial charge >= 0.3 is 0 Å². The van der Waals surface area contributed by atoms with Crippen LogP contribution in [0.15, 0.2) is 52.7 Å². The molecule has 6 heteroatoms. The Bertz CT molecular complexity index is 642. The minimum Gasteiger partial charge on any atom is -0.0933 e. The fourth-order valence-corrected chi connectivity index (χ4v) is 2.13. The van der Waals surface area contributed by atoms with E-state index >= 15 is 0 Å². The molecule has 94 valence electrons. The van der Waals surface area contributed by atoms with Gasteiger partial charge < -0.3 is 0 Å². The summed E-state index contributed by atoms with van der Waals surface area (Å²) in [5.74, 6) is -0.0992. The molecule has 6 nitrogen and oxygen atoms in total. The molecule has 0 heterocycles. The standard InChI is InChI=1S/C13H12N6/c14-18-16-8-11(9-17-19-15)13-7-3-5-10-4-1-2-6-12(10)13/h1-7,11H,8-9H2. The minimum absolute atomic E-state index is 0.0992. The van der Waals surface area contributed by atoms with Gasteiger partial charge in [-0.1, -0.05) is 52.7 Å². The highest BCUT2D eigenvalue weighted by Crippen LogP contribution is 2.26. The number of hydrogen-bond donors (Lipinski definition) is 0. The Labute approximate surface area is 109 Å². The zero-order valence-corrected chi connectivity index (χ0v) is 10.2. The molecule has 0 unspecified atom stereocenters. The number of azide groups is 2. The quantitative estimate of drug-likeness (QED) is 0.424. The summed E-state index contributed by atoms with van der Waals surface area (Å²) < 4.78 is 0. The molecule has 0 aliphatic rings. The first kappa shape index (κ1) is 12.8. The molecular formula is C13H12N6. The van der Waals surface area contributed by atoms with Gasteiger partial charge in [-0.25, -0.2) is 0 Å². The lowest BCUT2D eigenvalue weighted by Crippen LogP contribution is -2.06. The predicted molar refractivity (Wildman–Crippen MR) is 74.7 cm³/mol. The van der Waals surface area contributed by atoms with Gasteiger partial charge in [0.25, 0.3) is 0 Å². The second kappa shape index (κ2) is 6.31. The van der Waals surface area contributed by atoms with Crippen LogP contribution in [0.4, 0.5) is 0 Å². The normalized spacial score (nSPS) is 11.4. The highest BCUT2D eigenvalue weighted by atomic mass is 15.1. The highest BCUT2D eigenvalue weighted by molar-refractivity contribution is 5.86. The van der Waals surface area contributed by atoms with Crippen LogP contribution in [0.5, 0.6) is 0 Å². The summed E-state index contributed by atoms with van der Waals surface area (Å²) in [6.45, 7) is 0.563. The molecular weight excluding hydrogens is 240 g/mol. The van der Waals surface area contributed by atoms with Gasteiger partial charge in [-0.15, -0.1) is 0 Å². The van der Waals surface area contributed by atoms with Crippen LogP contribution in [0.2, 0.25) is 0 Å². The smallest absolute Gasteiger partial charge is 0.0328 e. The summed E-state index contributed by atoms with van der Waals surface area (Å²) in [5, 5.41) is 9.42. The monoisotopic (exact) mass is 252 g/mol. The summed E-state index contributed by atoms with van der Waals surface area (Å²) in [5.41, 5.74) is 18.0. The van der Waals surface area contributed by atoms with Crippen LogP contribution >= 0.6 is 0 Å². The van der Waals surface area contributed by atoms with Gasteiger partial charge in [-0.3, -0.25) is 0 Å². The Morgan fingerprint density at radius 1 is 0.895 bits per heavy atom. The third-order valence-corrected chi connectivity index (χ3v) is 2.99. The van der Waals surface area contributed by atoms with Crippen molar-refractivity contribution in [3.05, 3.63) is 68.9 Å². The summed E-state index contributed by atoms with van der Waals surface area (Å²) >= 11 is 0. The Morgan fingerprint density at radius 2 is 1.53 bits per heavy atom. The van der Waals surface area contributed by atoms with Crippen LogP contribution in [-0.2, 0) is 0 Å². The van der Waals surface area contributed by atoms with E-state index in [1.54, 1.807) is 0 Å². The molecule has 2 aromatic carbocycles. The third kappa shape index (κ3) is 2.96. The average molecular weight is 252 g/mol. The summed E-state index contributed by atoms with van der Waals surface area (Å²) in [6, 6.07) is 13.9. The number of fused-ring (bicyclic) bond motifs is 1. The first-order valence-electron chi connectivity index (χ1n) is 5.86. The Balaban J connectivity index is 2.47. The van der Waals surface area contributed by atoms with E-state index in [1.807, 2.05) is 42.5 Å². The van der Waals surface area contributed by atoms with Gasteiger partial charge in [-0.2, -0.15) is 0 Å². The lowest BCUT2D eigenvalue weighted by molar-refractivity contribution is 0.708. The van der Waals surface area contributed by atoms with Gasteiger partial charge in [0.2, 0.25) is 0 Å². The van der Waals surface area contributed by atoms with Crippen LogP contribution < -0.4 is 0 Å². The van der Waals surface area contributed by atoms with E-state index in [1.165, 1.54) is 0 Å². The highest BCUT2D eigenvalue weighted by Gasteiger charge is 2.12. The van der Waals surface area contributed by atoms with E-state index in [2.05, 4.69) is 20.1 Å². The van der Waals surface area contributed by atoms with Crippen molar-refractivity contribution >= 4 is 10.8 Å². The van der Waals surface area contributed by atoms with Crippen LogP contribution in [-0.4, -0.2) is 13.1 Å². The second-order valence-electron chi connectivity index (χ2n) is 4.09. The number of benzene rings is 2. The van der Waals surface area contributed by atoms with Crippen LogP contribution in [0.1, 0.15) is 11.5 Å². The molecule has 0 aromatic heterocycles. The van der Waals surface area contributed by atoms with Crippen molar-refractivity contribution in [2.75, 3.05) is 13.1 Å². The first-order valence-corrected chi connectivity index (χ1v) is 5.86.